The fraction of sp³-hybridized carbons (Fsp3) is 0.217. The number of nitrogens with zero attached hydrogens (tertiary/aromatic N) is 2. The maximum atomic E-state index is 8.25. The predicted molar refractivity (Wildman–Crippen MR) is 206 cm³/mol. The maximum absolute atomic E-state index is 8.25. The average Bonchev–Trinajstić information content (AvgIpc) is 3.53. The van der Waals surface area contributed by atoms with E-state index in [1.807, 2.05) is 33.0 Å². The van der Waals surface area contributed by atoms with Crippen LogP contribution in [0.2, 0.25) is 0 Å². The molecule has 253 valence electrons. The van der Waals surface area contributed by atoms with E-state index in [1.165, 1.54) is 34.0 Å². The van der Waals surface area contributed by atoms with Crippen LogP contribution in [-0.2, 0) is 31.9 Å². The van der Waals surface area contributed by atoms with Crippen LogP contribution in [0, 0.1) is 24.4 Å². The normalized spacial score (nSPS) is 13.8. The van der Waals surface area contributed by atoms with E-state index in [0.29, 0.717) is 16.8 Å². The molecule has 0 aliphatic rings. The summed E-state index contributed by atoms with van der Waals surface area (Å²) in [5, 5.41) is 7.00. The van der Waals surface area contributed by atoms with Crippen molar-refractivity contribution in [1.82, 2.24) is 9.97 Å². The third kappa shape index (κ3) is 7.29. The topological polar surface area (TPSA) is 38.9 Å². The molecule has 0 spiro atoms. The van der Waals surface area contributed by atoms with Gasteiger partial charge in [0.1, 0.15) is 5.58 Å². The van der Waals surface area contributed by atoms with Crippen LogP contribution in [0.25, 0.3) is 66.0 Å². The molecule has 8 aromatic rings. The van der Waals surface area contributed by atoms with E-state index in [-0.39, 0.29) is 31.1 Å². The van der Waals surface area contributed by atoms with E-state index in [2.05, 4.69) is 110 Å². The molecule has 0 amide bonds. The van der Waals surface area contributed by atoms with Gasteiger partial charge < -0.3 is 14.4 Å². The Morgan fingerprint density at radius 1 is 0.740 bits per heavy atom. The second-order valence-corrected chi connectivity index (χ2v) is 14.5. The van der Waals surface area contributed by atoms with Crippen LogP contribution < -0.4 is 0 Å². The summed E-state index contributed by atoms with van der Waals surface area (Å²) in [6.45, 7) is 10.1. The van der Waals surface area contributed by atoms with Crippen LogP contribution in [0.15, 0.2) is 120 Å². The van der Waals surface area contributed by atoms with Crippen LogP contribution >= 0.6 is 0 Å². The van der Waals surface area contributed by atoms with Crippen molar-refractivity contribution in [3.63, 3.8) is 0 Å². The molecule has 0 saturated carbocycles. The summed E-state index contributed by atoms with van der Waals surface area (Å²) < 4.78 is 45.2. The van der Waals surface area contributed by atoms with Crippen LogP contribution in [0.1, 0.15) is 65.1 Å². The van der Waals surface area contributed by atoms with E-state index in [9.17, 15) is 0 Å². The predicted octanol–water partition coefficient (Wildman–Crippen LogP) is 12.5. The largest absolute Gasteiger partial charge is 0.500 e. The number of fused-ring (bicyclic) bond motifs is 7. The SMILES string of the molecule is CC(C)(C)c1ccnc(-c2[c-]ccc3c2oc2c3ccc3ccc4ccccc4c32)c1.[2H]C([2H])([2H])c1c[c-]c(-c2ccc(C([2H])([2H])C(C)(C)C)cn2)cc1.[Ir]. The van der Waals surface area contributed by atoms with Crippen LogP contribution in [0.5, 0.6) is 0 Å². The summed E-state index contributed by atoms with van der Waals surface area (Å²) in [7, 11) is 0. The van der Waals surface area contributed by atoms with Crippen molar-refractivity contribution in [3.05, 3.63) is 144 Å². The van der Waals surface area contributed by atoms with Gasteiger partial charge in [0.2, 0.25) is 0 Å². The molecule has 0 N–H and O–H groups in total. The van der Waals surface area contributed by atoms with Crippen molar-refractivity contribution in [2.75, 3.05) is 0 Å². The number of aromatic nitrogens is 2. The van der Waals surface area contributed by atoms with Gasteiger partial charge in [-0.1, -0.05) is 126 Å². The molecular weight excluding hydrogens is 789 g/mol. The smallest absolute Gasteiger partial charge is 0.129 e. The number of furan rings is 1. The van der Waals surface area contributed by atoms with Crippen molar-refractivity contribution < 1.29 is 31.4 Å². The standard InChI is InChI=1S/C29H22NO.C17H20N.Ir/c1-29(2,3)20-15-16-30-25(17-20)24-10-6-9-22-23-14-13-19-12-11-18-7-4-5-8-21(18)26(19)28(23)31-27(22)24;1-13-5-8-15(9-6-13)16-10-7-14(12-18-16)11-17(2,3)4;/h4-9,11-17H,1-3H3;5-8,10,12H,11H2,1-4H3;/q2*-1;/i;1D3,11D2;. The molecule has 4 heteroatoms. The third-order valence-electron chi connectivity index (χ3n) is 8.56. The van der Waals surface area contributed by atoms with E-state index >= 15 is 0 Å². The van der Waals surface area contributed by atoms with Crippen molar-refractivity contribution in [2.24, 2.45) is 5.41 Å². The quantitative estimate of drug-likeness (QED) is 0.131. The Bertz CT molecular complexity index is 2630. The zero-order chi connectivity index (χ0) is 38.6. The van der Waals surface area contributed by atoms with Crippen molar-refractivity contribution in [3.8, 4) is 22.5 Å². The van der Waals surface area contributed by atoms with E-state index < -0.39 is 18.6 Å². The van der Waals surface area contributed by atoms with Gasteiger partial charge in [0.05, 0.1) is 5.58 Å². The van der Waals surface area contributed by atoms with Gasteiger partial charge in [-0.05, 0) is 61.9 Å². The Morgan fingerprint density at radius 3 is 2.24 bits per heavy atom. The van der Waals surface area contributed by atoms with Gasteiger partial charge in [0, 0.05) is 50.1 Å². The van der Waals surface area contributed by atoms with Crippen LogP contribution in [0.3, 0.4) is 0 Å². The molecule has 0 fully saturated rings. The summed E-state index contributed by atoms with van der Waals surface area (Å²) in [6, 6.07) is 40.0. The van der Waals surface area contributed by atoms with Crippen molar-refractivity contribution in [1.29, 1.82) is 0 Å². The molecule has 3 nitrogen and oxygen atoms in total. The molecule has 0 bridgehead atoms. The fourth-order valence-electron chi connectivity index (χ4n) is 6.16. The zero-order valence-electron chi connectivity index (χ0n) is 34.1. The van der Waals surface area contributed by atoms with Gasteiger partial charge in [0.25, 0.3) is 0 Å². The molecule has 5 aromatic carbocycles. The Kier molecular flexibility index (Phi) is 8.12. The minimum Gasteiger partial charge on any atom is -0.500 e. The summed E-state index contributed by atoms with van der Waals surface area (Å²) in [5.41, 5.74) is 6.41. The molecule has 0 aliphatic carbocycles. The average molecular weight is 836 g/mol. The third-order valence-corrected chi connectivity index (χ3v) is 8.56. The Labute approximate surface area is 316 Å². The molecular formula is C46H42IrN2O-2. The number of benzene rings is 5. The van der Waals surface area contributed by atoms with Crippen molar-refractivity contribution >= 4 is 43.5 Å². The second-order valence-electron chi connectivity index (χ2n) is 14.5. The van der Waals surface area contributed by atoms with E-state index in [1.54, 1.807) is 24.3 Å². The first-order chi connectivity index (χ1) is 25.4. The molecule has 8 rings (SSSR count). The fourth-order valence-corrected chi connectivity index (χ4v) is 6.16. The molecule has 3 heterocycles. The summed E-state index contributed by atoms with van der Waals surface area (Å²) in [5.74, 6) is 0. The molecule has 3 aromatic heterocycles. The van der Waals surface area contributed by atoms with Crippen molar-refractivity contribution in [2.45, 2.75) is 60.2 Å². The van der Waals surface area contributed by atoms with E-state index in [0.717, 1.165) is 38.6 Å². The second kappa shape index (κ2) is 13.9. The molecule has 0 saturated heterocycles. The Balaban J connectivity index is 0.000000193. The summed E-state index contributed by atoms with van der Waals surface area (Å²) in [6.07, 6.45) is 1.92. The summed E-state index contributed by atoms with van der Waals surface area (Å²) >= 11 is 0. The van der Waals surface area contributed by atoms with Gasteiger partial charge in [-0.25, -0.2) is 0 Å². The number of hydrogen-bond acceptors (Lipinski definition) is 3. The number of rotatable bonds is 3. The van der Waals surface area contributed by atoms with Gasteiger partial charge in [-0.15, -0.1) is 53.6 Å². The maximum Gasteiger partial charge on any atom is 0.129 e. The first-order valence-corrected chi connectivity index (χ1v) is 16.6. The number of aryl methyl sites for hydroxylation is 1. The van der Waals surface area contributed by atoms with Crippen LogP contribution in [-0.4, -0.2) is 9.97 Å². The van der Waals surface area contributed by atoms with Gasteiger partial charge >= 0.3 is 0 Å². The number of pyridine rings is 2. The molecule has 50 heavy (non-hydrogen) atoms. The minimum atomic E-state index is -2.14. The Morgan fingerprint density at radius 2 is 1.52 bits per heavy atom. The van der Waals surface area contributed by atoms with Gasteiger partial charge in [0.15, 0.2) is 0 Å². The minimum absolute atomic E-state index is 0. The number of hydrogen-bond donors (Lipinski definition) is 0. The van der Waals surface area contributed by atoms with Gasteiger partial charge in [-0.2, -0.15) is 0 Å². The molecule has 0 atom stereocenters. The monoisotopic (exact) mass is 836 g/mol. The van der Waals surface area contributed by atoms with Gasteiger partial charge in [-0.3, -0.25) is 0 Å². The first kappa shape index (κ1) is 29.1. The molecule has 0 unspecified atom stereocenters. The van der Waals surface area contributed by atoms with Crippen LogP contribution in [0.4, 0.5) is 0 Å². The zero-order valence-corrected chi connectivity index (χ0v) is 31.5. The molecule has 1 radical (unpaired) electrons. The Hall–Kier alpha value is -4.63. The van der Waals surface area contributed by atoms with E-state index in [4.69, 9.17) is 11.3 Å². The summed E-state index contributed by atoms with van der Waals surface area (Å²) in [4.78, 5) is 8.97. The molecule has 0 aliphatic heterocycles. The first-order valence-electron chi connectivity index (χ1n) is 19.1.